The van der Waals surface area contributed by atoms with E-state index in [0.717, 1.165) is 0 Å². The van der Waals surface area contributed by atoms with Gasteiger partial charge in [-0.25, -0.2) is 0 Å². The second kappa shape index (κ2) is 18.4. The lowest BCUT2D eigenvalue weighted by molar-refractivity contribution is -0.142. The molecule has 16 heteroatoms. The van der Waals surface area contributed by atoms with Crippen LogP contribution in [0.4, 0.5) is 0 Å². The lowest BCUT2D eigenvalue weighted by Crippen LogP contribution is -2.61. The molecule has 46 heavy (non-hydrogen) atoms. The van der Waals surface area contributed by atoms with Gasteiger partial charge in [0.05, 0.1) is 12.1 Å². The van der Waals surface area contributed by atoms with Crippen LogP contribution in [-0.4, -0.2) is 106 Å². The fraction of sp³-hybridized carbons (Fsp3) is 0.767. The molecule has 1 rings (SSSR count). The predicted molar refractivity (Wildman–Crippen MR) is 169 cm³/mol. The van der Waals surface area contributed by atoms with Gasteiger partial charge in [-0.3, -0.25) is 33.6 Å². The minimum absolute atomic E-state index is 0.156. The Hall–Kier alpha value is -3.79. The Kier molecular flexibility index (Phi) is 16.1. The van der Waals surface area contributed by atoms with Crippen LogP contribution in [-0.2, 0) is 33.6 Å². The molecule has 0 aromatic rings. The van der Waals surface area contributed by atoms with Crippen LogP contribution in [0.15, 0.2) is 0 Å². The van der Waals surface area contributed by atoms with Crippen LogP contribution < -0.4 is 38.1 Å². The summed E-state index contributed by atoms with van der Waals surface area (Å²) in [5, 5.41) is 23.0. The summed E-state index contributed by atoms with van der Waals surface area (Å²) in [6, 6.07) is -7.34. The first-order chi connectivity index (χ1) is 21.3. The van der Waals surface area contributed by atoms with Crippen LogP contribution in [0, 0.1) is 11.8 Å². The van der Waals surface area contributed by atoms with Gasteiger partial charge in [0.1, 0.15) is 36.3 Å². The summed E-state index contributed by atoms with van der Waals surface area (Å²) in [6.45, 7) is 13.2. The van der Waals surface area contributed by atoms with Crippen molar-refractivity contribution < 1.29 is 38.7 Å². The maximum Gasteiger partial charge on any atom is 0.245 e. The highest BCUT2D eigenvalue weighted by Crippen LogP contribution is 2.19. The maximum absolute atomic E-state index is 13.3. The van der Waals surface area contributed by atoms with Crippen molar-refractivity contribution in [3.63, 3.8) is 0 Å². The van der Waals surface area contributed by atoms with Crippen LogP contribution in [0.1, 0.15) is 81.1 Å². The van der Waals surface area contributed by atoms with Gasteiger partial charge in [0.15, 0.2) is 0 Å². The normalized spacial score (nSPS) is 19.8. The molecule has 0 unspecified atom stereocenters. The van der Waals surface area contributed by atoms with Gasteiger partial charge in [-0.15, -0.1) is 0 Å². The van der Waals surface area contributed by atoms with E-state index in [1.165, 1.54) is 32.6 Å². The highest BCUT2D eigenvalue weighted by Gasteiger charge is 2.39. The number of hydrogen-bond acceptors (Lipinski definition) is 9. The van der Waals surface area contributed by atoms with E-state index < -0.39 is 89.7 Å². The molecule has 0 aliphatic carbocycles. The van der Waals surface area contributed by atoms with Crippen molar-refractivity contribution in [3.05, 3.63) is 0 Å². The Bertz CT molecular complexity index is 1120. The first kappa shape index (κ1) is 40.2. The van der Waals surface area contributed by atoms with Crippen molar-refractivity contribution in [1.82, 2.24) is 31.5 Å². The zero-order chi connectivity index (χ0) is 35.5. The molecular formula is C30H54N8O8. The van der Waals surface area contributed by atoms with Gasteiger partial charge in [0, 0.05) is 6.54 Å². The standard InChI is InChI=1S/C30H54N8O8/c1-9-15(4)22(36-26(42)20(31)13-14(2)3)28(44)37-23(19(8)39)29(45)35-18(7)30(46)38-12-10-11-21(38)27(43)34-17(6)25(41)33-16(5)24(32)40/h14-23,39H,9-13,31H2,1-8H3,(H2,32,40)(H,33,41)(H,34,43)(H,35,45)(H,36,42)(H,37,44)/t15-,16-,17-,18-,19+,20-,21-,22-,23-/m0/s1. The van der Waals surface area contributed by atoms with E-state index in [4.69, 9.17) is 11.5 Å². The molecule has 1 aliphatic heterocycles. The fourth-order valence-corrected chi connectivity index (χ4v) is 4.93. The smallest absolute Gasteiger partial charge is 0.245 e. The number of aliphatic hydroxyl groups is 1. The van der Waals surface area contributed by atoms with Crippen LogP contribution in [0.5, 0.6) is 0 Å². The molecule has 10 N–H and O–H groups in total. The first-order valence-electron chi connectivity index (χ1n) is 15.9. The quantitative estimate of drug-likeness (QED) is 0.0841. The van der Waals surface area contributed by atoms with Crippen LogP contribution in [0.25, 0.3) is 0 Å². The molecule has 16 nitrogen and oxygen atoms in total. The topological polar surface area (TPSA) is 255 Å². The van der Waals surface area contributed by atoms with Crippen molar-refractivity contribution in [2.24, 2.45) is 23.3 Å². The molecule has 0 spiro atoms. The van der Waals surface area contributed by atoms with Gasteiger partial charge in [0.25, 0.3) is 0 Å². The largest absolute Gasteiger partial charge is 0.391 e. The summed E-state index contributed by atoms with van der Waals surface area (Å²) in [5.41, 5.74) is 11.2. The van der Waals surface area contributed by atoms with Gasteiger partial charge < -0.3 is 48.1 Å². The zero-order valence-electron chi connectivity index (χ0n) is 28.2. The summed E-state index contributed by atoms with van der Waals surface area (Å²) in [4.78, 5) is 90.4. The number of nitrogens with one attached hydrogen (secondary N) is 5. The third-order valence-corrected chi connectivity index (χ3v) is 8.02. The van der Waals surface area contributed by atoms with Crippen molar-refractivity contribution in [2.75, 3.05) is 6.54 Å². The second-order valence-corrected chi connectivity index (χ2v) is 12.6. The van der Waals surface area contributed by atoms with Crippen molar-refractivity contribution >= 4 is 41.4 Å². The van der Waals surface area contributed by atoms with E-state index in [1.54, 1.807) is 6.92 Å². The van der Waals surface area contributed by atoms with Gasteiger partial charge in [-0.2, -0.15) is 0 Å². The van der Waals surface area contributed by atoms with Crippen LogP contribution in [0.2, 0.25) is 0 Å². The van der Waals surface area contributed by atoms with Crippen molar-refractivity contribution in [1.29, 1.82) is 0 Å². The molecule has 1 fully saturated rings. The molecule has 0 aromatic heterocycles. The van der Waals surface area contributed by atoms with E-state index in [9.17, 15) is 38.7 Å². The zero-order valence-corrected chi connectivity index (χ0v) is 28.2. The Morgan fingerprint density at radius 1 is 0.761 bits per heavy atom. The maximum atomic E-state index is 13.3. The van der Waals surface area contributed by atoms with Gasteiger partial charge >= 0.3 is 0 Å². The Morgan fingerprint density at radius 3 is 1.83 bits per heavy atom. The number of carbonyl (C=O) groups is 7. The van der Waals surface area contributed by atoms with E-state index in [0.29, 0.717) is 25.7 Å². The van der Waals surface area contributed by atoms with E-state index in [1.807, 2.05) is 20.8 Å². The van der Waals surface area contributed by atoms with Crippen LogP contribution >= 0.6 is 0 Å². The Balaban J connectivity index is 2.94. The van der Waals surface area contributed by atoms with E-state index in [-0.39, 0.29) is 18.4 Å². The van der Waals surface area contributed by atoms with E-state index in [2.05, 4.69) is 26.6 Å². The van der Waals surface area contributed by atoms with E-state index >= 15 is 0 Å². The highest BCUT2D eigenvalue weighted by atomic mass is 16.3. The van der Waals surface area contributed by atoms with Gasteiger partial charge in [-0.1, -0.05) is 34.1 Å². The molecule has 0 bridgehead atoms. The summed E-state index contributed by atoms with van der Waals surface area (Å²) in [7, 11) is 0. The van der Waals surface area contributed by atoms with Gasteiger partial charge in [0.2, 0.25) is 41.4 Å². The lowest BCUT2D eigenvalue weighted by Gasteiger charge is -2.30. The summed E-state index contributed by atoms with van der Waals surface area (Å²) < 4.78 is 0. The second-order valence-electron chi connectivity index (χ2n) is 12.6. The lowest BCUT2D eigenvalue weighted by atomic mass is 9.96. The molecule has 7 amide bonds. The SMILES string of the molecule is CC[C@H](C)[C@H](NC(=O)[C@@H](N)CC(C)C)C(=O)N[C@H](C(=O)N[C@@H](C)C(=O)N1CCC[C@H]1C(=O)N[C@@H](C)C(=O)N[C@@H](C)C(N)=O)[C@@H](C)O. The Labute approximate surface area is 270 Å². The summed E-state index contributed by atoms with van der Waals surface area (Å²) >= 11 is 0. The van der Waals surface area contributed by atoms with Crippen molar-refractivity contribution in [3.8, 4) is 0 Å². The molecule has 1 heterocycles. The molecule has 0 radical (unpaired) electrons. The fourth-order valence-electron chi connectivity index (χ4n) is 4.93. The predicted octanol–water partition coefficient (Wildman–Crippen LogP) is -2.25. The third-order valence-electron chi connectivity index (χ3n) is 8.02. The minimum atomic E-state index is -1.46. The number of likely N-dealkylation sites (tertiary alicyclic amines) is 1. The summed E-state index contributed by atoms with van der Waals surface area (Å²) in [6.07, 6.45) is 0.392. The van der Waals surface area contributed by atoms with Gasteiger partial charge in [-0.05, 0) is 58.8 Å². The van der Waals surface area contributed by atoms with Crippen LogP contribution in [0.3, 0.4) is 0 Å². The molecule has 0 saturated carbocycles. The monoisotopic (exact) mass is 654 g/mol. The molecule has 1 saturated heterocycles. The summed E-state index contributed by atoms with van der Waals surface area (Å²) in [5.74, 6) is -4.75. The number of aliphatic hydroxyl groups excluding tert-OH is 1. The molecule has 9 atom stereocenters. The number of hydrogen-bond donors (Lipinski definition) is 8. The third kappa shape index (κ3) is 11.9. The number of carbonyl (C=O) groups excluding carboxylic acids is 7. The number of nitrogens with two attached hydrogens (primary N) is 2. The average Bonchev–Trinajstić information content (AvgIpc) is 3.46. The molecular weight excluding hydrogens is 600 g/mol. The average molecular weight is 655 g/mol. The van der Waals surface area contributed by atoms with Crippen molar-refractivity contribution in [2.45, 2.75) is 129 Å². The molecule has 1 aliphatic rings. The molecule has 262 valence electrons. The highest BCUT2D eigenvalue weighted by molar-refractivity contribution is 5.97. The molecule has 0 aromatic carbocycles. The number of rotatable bonds is 17. The Morgan fingerprint density at radius 2 is 1.30 bits per heavy atom. The number of primary amides is 1. The number of nitrogens with zero attached hydrogens (tertiary/aromatic N) is 1. The first-order valence-corrected chi connectivity index (χ1v) is 15.9. The minimum Gasteiger partial charge on any atom is -0.391 e. The number of amides is 7.